The molecule has 0 bridgehead atoms. The van der Waals surface area contributed by atoms with Gasteiger partial charge in [0.2, 0.25) is 5.91 Å². The van der Waals surface area contributed by atoms with Gasteiger partial charge in [-0.3, -0.25) is 4.79 Å². The van der Waals surface area contributed by atoms with Crippen molar-refractivity contribution in [1.82, 2.24) is 5.32 Å². The van der Waals surface area contributed by atoms with Crippen molar-refractivity contribution < 1.29 is 9.53 Å². The number of ether oxygens (including phenoxy) is 1. The molecule has 0 aliphatic carbocycles. The average Bonchev–Trinajstić information content (AvgIpc) is 2.40. The second-order valence-corrected chi connectivity index (χ2v) is 4.25. The molecule has 0 heterocycles. The molecule has 0 aliphatic heterocycles. The third-order valence-corrected chi connectivity index (χ3v) is 2.72. The molecule has 0 spiro atoms. The van der Waals surface area contributed by atoms with Crippen LogP contribution in [0.25, 0.3) is 0 Å². The minimum absolute atomic E-state index is 0.119. The molecule has 2 atom stereocenters. The smallest absolute Gasteiger partial charge is 0.238 e. The standard InChI is InChI=1S/C15H20N2O2/c1-4-6-14(16)15(18)17-11(3)12-7-9-13(10-8-12)19-5-2/h1,7-11,14H,5-6,16H2,2-3H3,(H,17,18). The lowest BCUT2D eigenvalue weighted by molar-refractivity contribution is -0.122. The highest BCUT2D eigenvalue weighted by Crippen LogP contribution is 2.17. The van der Waals surface area contributed by atoms with Gasteiger partial charge < -0.3 is 15.8 Å². The highest BCUT2D eigenvalue weighted by molar-refractivity contribution is 5.82. The van der Waals surface area contributed by atoms with Crippen molar-refractivity contribution in [2.75, 3.05) is 6.61 Å². The Kier molecular flexibility index (Phi) is 5.91. The maximum atomic E-state index is 11.7. The Morgan fingerprint density at radius 1 is 1.47 bits per heavy atom. The second-order valence-electron chi connectivity index (χ2n) is 4.25. The van der Waals surface area contributed by atoms with E-state index < -0.39 is 6.04 Å². The summed E-state index contributed by atoms with van der Waals surface area (Å²) >= 11 is 0. The molecule has 0 aliphatic rings. The van der Waals surface area contributed by atoms with E-state index in [1.807, 2.05) is 38.1 Å². The number of rotatable bonds is 6. The van der Waals surface area contributed by atoms with Gasteiger partial charge in [0.25, 0.3) is 0 Å². The van der Waals surface area contributed by atoms with E-state index in [4.69, 9.17) is 16.9 Å². The minimum atomic E-state index is -0.657. The molecular formula is C15H20N2O2. The number of terminal acetylenes is 1. The zero-order valence-electron chi connectivity index (χ0n) is 11.3. The Labute approximate surface area is 114 Å². The highest BCUT2D eigenvalue weighted by atomic mass is 16.5. The quantitative estimate of drug-likeness (QED) is 0.764. The molecule has 0 aromatic heterocycles. The van der Waals surface area contributed by atoms with Crippen LogP contribution in [0.5, 0.6) is 5.75 Å². The molecule has 4 nitrogen and oxygen atoms in total. The Morgan fingerprint density at radius 3 is 2.63 bits per heavy atom. The Bertz CT molecular complexity index is 448. The van der Waals surface area contributed by atoms with E-state index >= 15 is 0 Å². The first-order valence-corrected chi connectivity index (χ1v) is 6.30. The van der Waals surface area contributed by atoms with Crippen molar-refractivity contribution in [1.29, 1.82) is 0 Å². The molecule has 0 saturated heterocycles. The lowest BCUT2D eigenvalue weighted by Crippen LogP contribution is -2.41. The summed E-state index contributed by atoms with van der Waals surface area (Å²) in [5.74, 6) is 2.96. The number of nitrogens with one attached hydrogen (secondary N) is 1. The zero-order chi connectivity index (χ0) is 14.3. The van der Waals surface area contributed by atoms with Gasteiger partial charge in [-0.25, -0.2) is 0 Å². The normalized spacial score (nSPS) is 13.2. The van der Waals surface area contributed by atoms with Crippen molar-refractivity contribution in [3.63, 3.8) is 0 Å². The molecule has 1 aromatic rings. The van der Waals surface area contributed by atoms with Gasteiger partial charge in [0, 0.05) is 6.42 Å². The van der Waals surface area contributed by atoms with E-state index in [-0.39, 0.29) is 18.4 Å². The summed E-state index contributed by atoms with van der Waals surface area (Å²) < 4.78 is 5.36. The molecule has 1 amide bonds. The summed E-state index contributed by atoms with van der Waals surface area (Å²) in [6.07, 6.45) is 5.37. The maximum Gasteiger partial charge on any atom is 0.238 e. The van der Waals surface area contributed by atoms with E-state index in [2.05, 4.69) is 11.2 Å². The number of nitrogens with two attached hydrogens (primary N) is 1. The number of carbonyl (C=O) groups is 1. The average molecular weight is 260 g/mol. The maximum absolute atomic E-state index is 11.7. The van der Waals surface area contributed by atoms with Crippen molar-refractivity contribution in [3.05, 3.63) is 29.8 Å². The van der Waals surface area contributed by atoms with E-state index in [0.717, 1.165) is 11.3 Å². The summed E-state index contributed by atoms with van der Waals surface area (Å²) in [6, 6.07) is 6.82. The van der Waals surface area contributed by atoms with Crippen LogP contribution in [0.1, 0.15) is 31.9 Å². The summed E-state index contributed by atoms with van der Waals surface area (Å²) in [5.41, 5.74) is 6.63. The fourth-order valence-corrected chi connectivity index (χ4v) is 1.64. The van der Waals surface area contributed by atoms with E-state index in [1.54, 1.807) is 0 Å². The van der Waals surface area contributed by atoms with Gasteiger partial charge in [-0.2, -0.15) is 0 Å². The summed E-state index contributed by atoms with van der Waals surface area (Å²) in [4.78, 5) is 11.7. The van der Waals surface area contributed by atoms with Crippen LogP contribution >= 0.6 is 0 Å². The van der Waals surface area contributed by atoms with Crippen LogP contribution in [0.3, 0.4) is 0 Å². The van der Waals surface area contributed by atoms with Crippen LogP contribution in [-0.4, -0.2) is 18.6 Å². The van der Waals surface area contributed by atoms with Gasteiger partial charge in [-0.1, -0.05) is 12.1 Å². The molecule has 2 unspecified atom stereocenters. The van der Waals surface area contributed by atoms with Crippen LogP contribution in [0.15, 0.2) is 24.3 Å². The van der Waals surface area contributed by atoms with Gasteiger partial charge in [0.05, 0.1) is 18.7 Å². The van der Waals surface area contributed by atoms with E-state index in [9.17, 15) is 4.79 Å². The molecule has 3 N–H and O–H groups in total. The first-order valence-electron chi connectivity index (χ1n) is 6.30. The Morgan fingerprint density at radius 2 is 2.11 bits per heavy atom. The number of hydrogen-bond acceptors (Lipinski definition) is 3. The van der Waals surface area contributed by atoms with Gasteiger partial charge in [0.1, 0.15) is 5.75 Å². The fraction of sp³-hybridized carbons (Fsp3) is 0.400. The van der Waals surface area contributed by atoms with Crippen LogP contribution in [0.4, 0.5) is 0 Å². The molecule has 0 radical (unpaired) electrons. The number of benzene rings is 1. The molecule has 1 rings (SSSR count). The summed E-state index contributed by atoms with van der Waals surface area (Å²) in [6.45, 7) is 4.46. The highest BCUT2D eigenvalue weighted by Gasteiger charge is 2.15. The lowest BCUT2D eigenvalue weighted by atomic mass is 10.1. The number of carbonyl (C=O) groups excluding carboxylic acids is 1. The Balaban J connectivity index is 2.60. The Hall–Kier alpha value is -1.99. The zero-order valence-corrected chi connectivity index (χ0v) is 11.3. The molecular weight excluding hydrogens is 240 g/mol. The van der Waals surface area contributed by atoms with E-state index in [1.165, 1.54) is 0 Å². The second kappa shape index (κ2) is 7.45. The third kappa shape index (κ3) is 4.65. The first-order chi connectivity index (χ1) is 9.08. The number of amides is 1. The molecule has 0 saturated carbocycles. The lowest BCUT2D eigenvalue weighted by Gasteiger charge is -2.17. The van der Waals surface area contributed by atoms with Crippen molar-refractivity contribution in [3.8, 4) is 18.1 Å². The molecule has 102 valence electrons. The summed E-state index contributed by atoms with van der Waals surface area (Å²) in [5, 5.41) is 2.83. The van der Waals surface area contributed by atoms with Gasteiger partial charge in [-0.15, -0.1) is 12.3 Å². The van der Waals surface area contributed by atoms with E-state index in [0.29, 0.717) is 6.61 Å². The summed E-state index contributed by atoms with van der Waals surface area (Å²) in [7, 11) is 0. The largest absolute Gasteiger partial charge is 0.494 e. The van der Waals surface area contributed by atoms with Crippen LogP contribution in [0.2, 0.25) is 0 Å². The van der Waals surface area contributed by atoms with Crippen molar-refractivity contribution >= 4 is 5.91 Å². The number of hydrogen-bond donors (Lipinski definition) is 2. The minimum Gasteiger partial charge on any atom is -0.494 e. The van der Waals surface area contributed by atoms with Gasteiger partial charge in [0.15, 0.2) is 0 Å². The molecule has 1 aromatic carbocycles. The monoisotopic (exact) mass is 260 g/mol. The molecule has 0 fully saturated rings. The molecule has 4 heteroatoms. The van der Waals surface area contributed by atoms with Gasteiger partial charge in [-0.05, 0) is 31.5 Å². The van der Waals surface area contributed by atoms with Gasteiger partial charge >= 0.3 is 0 Å². The topological polar surface area (TPSA) is 64.4 Å². The third-order valence-electron chi connectivity index (χ3n) is 2.72. The molecule has 19 heavy (non-hydrogen) atoms. The first kappa shape index (κ1) is 15.1. The predicted molar refractivity (Wildman–Crippen MR) is 75.6 cm³/mol. The van der Waals surface area contributed by atoms with Crippen LogP contribution in [0, 0.1) is 12.3 Å². The SMILES string of the molecule is C#CCC(N)C(=O)NC(C)c1ccc(OCC)cc1. The predicted octanol–water partition coefficient (Wildman–Crippen LogP) is 1.61. The fourth-order valence-electron chi connectivity index (χ4n) is 1.64. The van der Waals surface area contributed by atoms with Crippen molar-refractivity contribution in [2.45, 2.75) is 32.4 Å². The van der Waals surface area contributed by atoms with Crippen molar-refractivity contribution in [2.24, 2.45) is 5.73 Å². The van der Waals surface area contributed by atoms with Crippen LogP contribution in [-0.2, 0) is 4.79 Å². The van der Waals surface area contributed by atoms with Crippen LogP contribution < -0.4 is 15.8 Å².